The molecular weight excluding hydrogens is 255 g/mol. The van der Waals surface area contributed by atoms with Crippen molar-refractivity contribution in [3.05, 3.63) is 11.2 Å². The number of rotatable bonds is 5. The highest BCUT2D eigenvalue weighted by atomic mass is 16.7. The summed E-state index contributed by atoms with van der Waals surface area (Å²) in [6, 6.07) is 0. The molecule has 0 aromatic heterocycles. The Kier molecular flexibility index (Phi) is 5.06. The summed E-state index contributed by atoms with van der Waals surface area (Å²) in [7, 11) is -0.556. The zero-order valence-corrected chi connectivity index (χ0v) is 13.6. The van der Waals surface area contributed by atoms with Gasteiger partial charge in [0.15, 0.2) is 0 Å². The van der Waals surface area contributed by atoms with Crippen LogP contribution >= 0.6 is 0 Å². The lowest BCUT2D eigenvalue weighted by Crippen LogP contribution is -2.41. The third-order valence-corrected chi connectivity index (χ3v) is 3.96. The summed E-state index contributed by atoms with van der Waals surface area (Å²) in [5.41, 5.74) is 1.05. The molecule has 1 rings (SSSR count). The molecule has 0 saturated carbocycles. The first-order valence-corrected chi connectivity index (χ1v) is 7.02. The molecule has 0 amide bonds. The molecule has 6 heteroatoms. The molecule has 0 radical (unpaired) electrons. The van der Waals surface area contributed by atoms with Gasteiger partial charge in [0, 0.05) is 23.4 Å². The maximum atomic E-state index is 9.35. The Morgan fingerprint density at radius 2 is 1.65 bits per heavy atom. The van der Waals surface area contributed by atoms with Crippen LogP contribution in [0.4, 0.5) is 0 Å². The van der Waals surface area contributed by atoms with Gasteiger partial charge in [0.25, 0.3) is 0 Å². The molecule has 20 heavy (non-hydrogen) atoms. The molecule has 0 aromatic carbocycles. The van der Waals surface area contributed by atoms with Crippen molar-refractivity contribution >= 4 is 12.8 Å². The van der Waals surface area contributed by atoms with Crippen LogP contribution in [0.5, 0.6) is 0 Å². The molecule has 3 N–H and O–H groups in total. The average molecular weight is 282 g/mol. The van der Waals surface area contributed by atoms with E-state index >= 15 is 0 Å². The first-order valence-electron chi connectivity index (χ1n) is 7.02. The molecule has 0 spiro atoms. The fourth-order valence-corrected chi connectivity index (χ4v) is 1.99. The minimum atomic E-state index is -0.556. The van der Waals surface area contributed by atoms with Crippen LogP contribution in [0.2, 0.25) is 0 Å². The van der Waals surface area contributed by atoms with Gasteiger partial charge in [-0.2, -0.15) is 0 Å². The van der Waals surface area contributed by atoms with Crippen LogP contribution < -0.4 is 5.32 Å². The fraction of sp³-hybridized carbons (Fsp3) is 0.786. The zero-order chi connectivity index (χ0) is 15.7. The number of nitrogens with one attached hydrogen (secondary N) is 2. The lowest BCUT2D eigenvalue weighted by Gasteiger charge is -2.32. The Hall–Kier alpha value is -0.845. The number of aliphatic hydroxyl groups is 1. The lowest BCUT2D eigenvalue weighted by molar-refractivity contribution is 0.00578. The Morgan fingerprint density at radius 1 is 1.20 bits per heavy atom. The van der Waals surface area contributed by atoms with Gasteiger partial charge in [-0.1, -0.05) is 0 Å². The smallest absolute Gasteiger partial charge is 0.399 e. The van der Waals surface area contributed by atoms with Gasteiger partial charge in [-0.15, -0.1) is 0 Å². The second-order valence-electron chi connectivity index (χ2n) is 6.48. The highest BCUT2D eigenvalue weighted by molar-refractivity contribution is 6.62. The molecule has 0 aromatic rings. The van der Waals surface area contributed by atoms with Gasteiger partial charge >= 0.3 is 7.12 Å². The van der Waals surface area contributed by atoms with E-state index in [0.717, 1.165) is 5.70 Å². The number of hydrogen-bond donors (Lipinski definition) is 3. The van der Waals surface area contributed by atoms with E-state index in [1.807, 2.05) is 34.6 Å². The van der Waals surface area contributed by atoms with Crippen molar-refractivity contribution in [2.45, 2.75) is 65.8 Å². The standard InChI is InChI=1S/C14H27BN2O3/c1-9(18)8-17-11(3)12(10(2)16)15-19-13(4,5)14(6,7)20-15/h9,16-18H,8H2,1-7H3/b12-11+,16-10?. The van der Waals surface area contributed by atoms with E-state index in [1.54, 1.807) is 13.8 Å². The maximum Gasteiger partial charge on any atom is 0.498 e. The quantitative estimate of drug-likeness (QED) is 0.532. The molecular formula is C14H27BN2O3. The highest BCUT2D eigenvalue weighted by Crippen LogP contribution is 2.39. The normalized spacial score (nSPS) is 23.3. The van der Waals surface area contributed by atoms with Crippen LogP contribution in [0, 0.1) is 5.41 Å². The Bertz CT molecular complexity index is 401. The molecule has 1 heterocycles. The molecule has 0 bridgehead atoms. The second-order valence-corrected chi connectivity index (χ2v) is 6.48. The van der Waals surface area contributed by atoms with Crippen molar-refractivity contribution in [2.24, 2.45) is 0 Å². The largest absolute Gasteiger partial charge is 0.498 e. The van der Waals surface area contributed by atoms with Crippen molar-refractivity contribution in [2.75, 3.05) is 6.54 Å². The van der Waals surface area contributed by atoms with Gasteiger partial charge in [0.05, 0.1) is 17.3 Å². The van der Waals surface area contributed by atoms with Crippen LogP contribution in [0.15, 0.2) is 11.2 Å². The third kappa shape index (κ3) is 3.62. The lowest BCUT2D eigenvalue weighted by atomic mass is 9.74. The minimum Gasteiger partial charge on any atom is -0.399 e. The molecule has 0 aliphatic carbocycles. The van der Waals surface area contributed by atoms with Gasteiger partial charge in [0.1, 0.15) is 0 Å². The third-order valence-electron chi connectivity index (χ3n) is 3.96. The van der Waals surface area contributed by atoms with Crippen molar-refractivity contribution in [1.29, 1.82) is 5.41 Å². The molecule has 1 atom stereocenters. The Balaban J connectivity index is 3.00. The van der Waals surface area contributed by atoms with Crippen molar-refractivity contribution in [1.82, 2.24) is 5.32 Å². The molecule has 5 nitrogen and oxygen atoms in total. The van der Waals surface area contributed by atoms with E-state index in [1.165, 1.54) is 0 Å². The summed E-state index contributed by atoms with van der Waals surface area (Å²) in [6.07, 6.45) is -0.449. The van der Waals surface area contributed by atoms with Gasteiger partial charge in [-0.25, -0.2) is 0 Å². The van der Waals surface area contributed by atoms with E-state index in [2.05, 4.69) is 5.32 Å². The van der Waals surface area contributed by atoms with E-state index in [-0.39, 0.29) is 0 Å². The molecule has 1 unspecified atom stereocenters. The summed E-state index contributed by atoms with van der Waals surface area (Å²) < 4.78 is 12.0. The Morgan fingerprint density at radius 3 is 2.00 bits per heavy atom. The van der Waals surface area contributed by atoms with Gasteiger partial charge in [-0.05, 0) is 48.5 Å². The van der Waals surface area contributed by atoms with Gasteiger partial charge in [0.2, 0.25) is 0 Å². The van der Waals surface area contributed by atoms with Crippen LogP contribution in [0.25, 0.3) is 0 Å². The molecule has 1 saturated heterocycles. The van der Waals surface area contributed by atoms with Gasteiger partial charge in [-0.3, -0.25) is 0 Å². The monoisotopic (exact) mass is 282 g/mol. The maximum absolute atomic E-state index is 9.35. The van der Waals surface area contributed by atoms with Crippen LogP contribution in [-0.4, -0.2) is 41.8 Å². The summed E-state index contributed by atoms with van der Waals surface area (Å²) in [5.74, 6) is 0. The van der Waals surface area contributed by atoms with Crippen LogP contribution in [-0.2, 0) is 9.31 Å². The summed E-state index contributed by atoms with van der Waals surface area (Å²) >= 11 is 0. The number of aliphatic hydroxyl groups excluding tert-OH is 1. The van der Waals surface area contributed by atoms with Crippen molar-refractivity contribution in [3.63, 3.8) is 0 Å². The summed E-state index contributed by atoms with van der Waals surface area (Å²) in [4.78, 5) is 0. The van der Waals surface area contributed by atoms with Gasteiger partial charge < -0.3 is 25.1 Å². The van der Waals surface area contributed by atoms with Crippen LogP contribution in [0.1, 0.15) is 48.5 Å². The van der Waals surface area contributed by atoms with Crippen LogP contribution in [0.3, 0.4) is 0 Å². The fourth-order valence-electron chi connectivity index (χ4n) is 1.99. The number of allylic oxidation sites excluding steroid dienone is 2. The topological polar surface area (TPSA) is 74.6 Å². The minimum absolute atomic E-state index is 0.402. The molecule has 1 aliphatic heterocycles. The van der Waals surface area contributed by atoms with E-state index in [4.69, 9.17) is 14.7 Å². The molecule has 1 fully saturated rings. The van der Waals surface area contributed by atoms with Crippen molar-refractivity contribution < 1.29 is 14.4 Å². The first kappa shape index (κ1) is 17.2. The number of hydrogen-bond acceptors (Lipinski definition) is 5. The average Bonchev–Trinajstić information content (AvgIpc) is 2.44. The second kappa shape index (κ2) is 5.88. The molecule has 114 valence electrons. The SMILES string of the molecule is CC(=N)/C(B1OC(C)(C)C(C)(C)O1)=C(/C)NCC(C)O. The summed E-state index contributed by atoms with van der Waals surface area (Å²) in [5, 5.41) is 20.4. The Labute approximate surface area is 122 Å². The highest BCUT2D eigenvalue weighted by Gasteiger charge is 2.53. The summed E-state index contributed by atoms with van der Waals surface area (Å²) in [6.45, 7) is 13.7. The first-order chi connectivity index (χ1) is 8.98. The predicted octanol–water partition coefficient (Wildman–Crippen LogP) is 1.90. The van der Waals surface area contributed by atoms with E-state index in [0.29, 0.717) is 17.7 Å². The van der Waals surface area contributed by atoms with E-state index in [9.17, 15) is 5.11 Å². The van der Waals surface area contributed by atoms with Crippen molar-refractivity contribution in [3.8, 4) is 0 Å². The zero-order valence-electron chi connectivity index (χ0n) is 13.6. The molecule has 1 aliphatic rings. The predicted molar refractivity (Wildman–Crippen MR) is 81.9 cm³/mol. The van der Waals surface area contributed by atoms with E-state index < -0.39 is 24.4 Å².